The Kier molecular flexibility index (Phi) is 3.58. The Labute approximate surface area is 113 Å². The van der Waals surface area contributed by atoms with E-state index in [1.807, 2.05) is 0 Å². The predicted octanol–water partition coefficient (Wildman–Crippen LogP) is 4.00. The van der Waals surface area contributed by atoms with E-state index in [4.69, 9.17) is 11.6 Å². The molecule has 2 aliphatic carbocycles. The van der Waals surface area contributed by atoms with Gasteiger partial charge in [0, 0.05) is 17.1 Å². The van der Waals surface area contributed by atoms with Crippen LogP contribution in [0.3, 0.4) is 0 Å². The second-order valence-corrected chi connectivity index (χ2v) is 6.14. The summed E-state index contributed by atoms with van der Waals surface area (Å²) in [5, 5.41) is 4.02. The first-order valence-corrected chi connectivity index (χ1v) is 7.26. The Morgan fingerprint density at radius 2 is 1.89 bits per heavy atom. The van der Waals surface area contributed by atoms with Crippen LogP contribution >= 0.6 is 11.6 Å². The molecule has 1 aromatic carbocycles. The Balaban J connectivity index is 1.52. The van der Waals surface area contributed by atoms with E-state index in [0.717, 1.165) is 24.3 Å². The minimum atomic E-state index is -0.165. The smallest absolute Gasteiger partial charge is 0.127 e. The lowest BCUT2D eigenvalue weighted by molar-refractivity contribution is 0.377. The molecule has 2 fully saturated rings. The highest BCUT2D eigenvalue weighted by atomic mass is 35.5. The van der Waals surface area contributed by atoms with Crippen molar-refractivity contribution in [3.8, 4) is 0 Å². The van der Waals surface area contributed by atoms with Gasteiger partial charge in [0.25, 0.3) is 0 Å². The molecule has 0 atom stereocenters. The third-order valence-electron chi connectivity index (χ3n) is 4.16. The van der Waals surface area contributed by atoms with Crippen molar-refractivity contribution in [2.75, 3.05) is 6.54 Å². The van der Waals surface area contributed by atoms with E-state index < -0.39 is 0 Å². The molecule has 0 spiro atoms. The lowest BCUT2D eigenvalue weighted by Gasteiger charge is -2.16. The van der Waals surface area contributed by atoms with E-state index in [-0.39, 0.29) is 5.82 Å². The second kappa shape index (κ2) is 5.18. The van der Waals surface area contributed by atoms with E-state index in [9.17, 15) is 4.39 Å². The molecule has 0 radical (unpaired) electrons. The van der Waals surface area contributed by atoms with E-state index in [1.54, 1.807) is 12.1 Å². The normalized spacial score (nSPS) is 19.5. The van der Waals surface area contributed by atoms with Crippen LogP contribution in [0.1, 0.15) is 31.2 Å². The van der Waals surface area contributed by atoms with E-state index in [2.05, 4.69) is 5.32 Å². The Morgan fingerprint density at radius 1 is 1.22 bits per heavy atom. The molecule has 2 saturated carbocycles. The summed E-state index contributed by atoms with van der Waals surface area (Å²) < 4.78 is 13.5. The first-order chi connectivity index (χ1) is 8.74. The van der Waals surface area contributed by atoms with Crippen LogP contribution in [0.2, 0.25) is 5.02 Å². The summed E-state index contributed by atoms with van der Waals surface area (Å²) in [7, 11) is 0. The number of hydrogen-bond donors (Lipinski definition) is 1. The first-order valence-electron chi connectivity index (χ1n) is 6.88. The zero-order valence-corrected chi connectivity index (χ0v) is 11.2. The molecule has 0 aliphatic heterocycles. The monoisotopic (exact) mass is 267 g/mol. The van der Waals surface area contributed by atoms with Crippen LogP contribution in [0.15, 0.2) is 18.2 Å². The number of benzene rings is 1. The molecule has 0 heterocycles. The fourth-order valence-corrected chi connectivity index (χ4v) is 3.01. The molecule has 0 bridgehead atoms. The highest BCUT2D eigenvalue weighted by molar-refractivity contribution is 6.30. The summed E-state index contributed by atoms with van der Waals surface area (Å²) in [4.78, 5) is 0. The standard InChI is InChI=1S/C15H19ClFN/c16-13-5-6-15(17)12(7-13)8-18-9-14(10-1-2-10)11-3-4-11/h5-7,10-11,14,18H,1-4,8-9H2. The van der Waals surface area contributed by atoms with Crippen LogP contribution in [0.25, 0.3) is 0 Å². The minimum absolute atomic E-state index is 0.165. The van der Waals surface area contributed by atoms with Crippen molar-refractivity contribution in [2.24, 2.45) is 17.8 Å². The summed E-state index contributed by atoms with van der Waals surface area (Å²) >= 11 is 5.88. The van der Waals surface area contributed by atoms with Crippen LogP contribution in [0.4, 0.5) is 4.39 Å². The molecule has 3 rings (SSSR count). The Bertz CT molecular complexity index is 415. The number of halogens is 2. The molecule has 2 aliphatic rings. The fraction of sp³-hybridized carbons (Fsp3) is 0.600. The Morgan fingerprint density at radius 3 is 2.50 bits per heavy atom. The van der Waals surface area contributed by atoms with Gasteiger partial charge in [-0.1, -0.05) is 11.6 Å². The van der Waals surface area contributed by atoms with Crippen LogP contribution in [-0.4, -0.2) is 6.54 Å². The average Bonchev–Trinajstić information content (AvgIpc) is 3.22. The molecule has 1 aromatic rings. The third-order valence-corrected chi connectivity index (χ3v) is 4.39. The SMILES string of the molecule is Fc1ccc(Cl)cc1CNCC(C1CC1)C1CC1. The van der Waals surface area contributed by atoms with Gasteiger partial charge in [0.2, 0.25) is 0 Å². The third kappa shape index (κ3) is 3.04. The van der Waals surface area contributed by atoms with E-state index >= 15 is 0 Å². The molecule has 0 aromatic heterocycles. The molecule has 1 nitrogen and oxygen atoms in total. The zero-order chi connectivity index (χ0) is 12.5. The van der Waals surface area contributed by atoms with E-state index in [1.165, 1.54) is 31.7 Å². The van der Waals surface area contributed by atoms with Crippen LogP contribution in [-0.2, 0) is 6.54 Å². The molecular weight excluding hydrogens is 249 g/mol. The van der Waals surface area contributed by atoms with Crippen molar-refractivity contribution < 1.29 is 4.39 Å². The Hall–Kier alpha value is -0.600. The lowest BCUT2D eigenvalue weighted by atomic mass is 9.98. The van der Waals surface area contributed by atoms with Gasteiger partial charge in [-0.05, 0) is 68.2 Å². The van der Waals surface area contributed by atoms with Gasteiger partial charge in [0.15, 0.2) is 0 Å². The van der Waals surface area contributed by atoms with Crippen molar-refractivity contribution in [3.05, 3.63) is 34.6 Å². The van der Waals surface area contributed by atoms with Gasteiger partial charge in [-0.15, -0.1) is 0 Å². The predicted molar refractivity (Wildman–Crippen MR) is 72.1 cm³/mol. The maximum atomic E-state index is 13.5. The van der Waals surface area contributed by atoms with Crippen molar-refractivity contribution in [2.45, 2.75) is 32.2 Å². The van der Waals surface area contributed by atoms with Crippen LogP contribution in [0, 0.1) is 23.6 Å². The average molecular weight is 268 g/mol. The van der Waals surface area contributed by atoms with Gasteiger partial charge in [-0.2, -0.15) is 0 Å². The van der Waals surface area contributed by atoms with Crippen molar-refractivity contribution >= 4 is 11.6 Å². The molecular formula is C15H19ClFN. The summed E-state index contributed by atoms with van der Waals surface area (Å²) in [6, 6.07) is 4.75. The molecule has 0 unspecified atom stereocenters. The number of hydrogen-bond acceptors (Lipinski definition) is 1. The molecule has 0 amide bonds. The van der Waals surface area contributed by atoms with E-state index in [0.29, 0.717) is 17.1 Å². The molecule has 1 N–H and O–H groups in total. The van der Waals surface area contributed by atoms with Gasteiger partial charge in [0.1, 0.15) is 5.82 Å². The first kappa shape index (κ1) is 12.4. The van der Waals surface area contributed by atoms with Crippen LogP contribution in [0.5, 0.6) is 0 Å². The minimum Gasteiger partial charge on any atom is -0.312 e. The summed E-state index contributed by atoms with van der Waals surface area (Å²) in [6.07, 6.45) is 5.59. The largest absolute Gasteiger partial charge is 0.312 e. The molecule has 3 heteroatoms. The van der Waals surface area contributed by atoms with Gasteiger partial charge < -0.3 is 5.32 Å². The second-order valence-electron chi connectivity index (χ2n) is 5.71. The molecule has 18 heavy (non-hydrogen) atoms. The van der Waals surface area contributed by atoms with Gasteiger partial charge in [0.05, 0.1) is 0 Å². The van der Waals surface area contributed by atoms with Crippen molar-refractivity contribution in [1.82, 2.24) is 5.32 Å². The number of nitrogens with one attached hydrogen (secondary N) is 1. The highest BCUT2D eigenvalue weighted by Crippen LogP contribution is 2.48. The highest BCUT2D eigenvalue weighted by Gasteiger charge is 2.40. The van der Waals surface area contributed by atoms with Gasteiger partial charge in [-0.3, -0.25) is 0 Å². The lowest BCUT2D eigenvalue weighted by Crippen LogP contribution is -2.25. The van der Waals surface area contributed by atoms with Gasteiger partial charge in [-0.25, -0.2) is 4.39 Å². The van der Waals surface area contributed by atoms with Crippen molar-refractivity contribution in [3.63, 3.8) is 0 Å². The maximum Gasteiger partial charge on any atom is 0.127 e. The molecule has 98 valence electrons. The van der Waals surface area contributed by atoms with Gasteiger partial charge >= 0.3 is 0 Å². The van der Waals surface area contributed by atoms with Crippen molar-refractivity contribution in [1.29, 1.82) is 0 Å². The summed E-state index contributed by atoms with van der Waals surface area (Å²) in [5.74, 6) is 2.54. The topological polar surface area (TPSA) is 12.0 Å². The zero-order valence-electron chi connectivity index (χ0n) is 10.5. The quantitative estimate of drug-likeness (QED) is 0.821. The number of rotatable bonds is 6. The maximum absolute atomic E-state index is 13.5. The summed E-state index contributed by atoms with van der Waals surface area (Å²) in [6.45, 7) is 1.61. The van der Waals surface area contributed by atoms with Crippen LogP contribution < -0.4 is 5.32 Å². The fourth-order valence-electron chi connectivity index (χ4n) is 2.82. The summed E-state index contributed by atoms with van der Waals surface area (Å²) in [5.41, 5.74) is 0.674. The molecule has 0 saturated heterocycles.